The van der Waals surface area contributed by atoms with Gasteiger partial charge in [0.2, 0.25) is 0 Å². The van der Waals surface area contributed by atoms with Crippen LogP contribution in [0.15, 0.2) is 18.2 Å². The van der Waals surface area contributed by atoms with Gasteiger partial charge in [0, 0.05) is 19.7 Å². The minimum atomic E-state index is -0.504. The molecule has 1 aliphatic heterocycles. The van der Waals surface area contributed by atoms with Gasteiger partial charge in [-0.1, -0.05) is 18.2 Å². The van der Waals surface area contributed by atoms with E-state index in [0.29, 0.717) is 19.3 Å². The van der Waals surface area contributed by atoms with E-state index in [2.05, 4.69) is 5.32 Å². The minimum absolute atomic E-state index is 0.307. The minimum Gasteiger partial charge on any atom is -0.490 e. The molecule has 0 aromatic heterocycles. The quantitative estimate of drug-likeness (QED) is 0.799. The highest BCUT2D eigenvalue weighted by molar-refractivity contribution is 5.39. The molecule has 4 nitrogen and oxygen atoms in total. The number of aliphatic hydroxyl groups is 1. The fraction of sp³-hybridized carbons (Fsp3) is 0.625. The molecule has 1 fully saturated rings. The second kappa shape index (κ2) is 7.62. The molecule has 2 unspecified atom stereocenters. The number of aliphatic hydroxyl groups excluding tert-OH is 1. The maximum Gasteiger partial charge on any atom is 0.125 e. The predicted molar refractivity (Wildman–Crippen MR) is 79.3 cm³/mol. The third kappa shape index (κ3) is 4.47. The van der Waals surface area contributed by atoms with Gasteiger partial charge in [-0.05, 0) is 37.8 Å². The Labute approximate surface area is 121 Å². The van der Waals surface area contributed by atoms with E-state index in [0.717, 1.165) is 42.9 Å². The van der Waals surface area contributed by atoms with E-state index in [1.165, 1.54) is 0 Å². The van der Waals surface area contributed by atoms with Crippen LogP contribution in [0.3, 0.4) is 0 Å². The second-order valence-electron chi connectivity index (χ2n) is 5.48. The first-order valence-electron chi connectivity index (χ1n) is 7.36. The summed E-state index contributed by atoms with van der Waals surface area (Å²) in [7, 11) is 0. The first-order valence-corrected chi connectivity index (χ1v) is 7.36. The molecule has 0 saturated carbocycles. The molecule has 1 aliphatic rings. The van der Waals surface area contributed by atoms with E-state index in [9.17, 15) is 5.11 Å². The van der Waals surface area contributed by atoms with Crippen LogP contribution in [-0.4, -0.2) is 43.6 Å². The summed E-state index contributed by atoms with van der Waals surface area (Å²) in [4.78, 5) is 0. The number of benzene rings is 1. The first kappa shape index (κ1) is 15.3. The summed E-state index contributed by atoms with van der Waals surface area (Å²) in [5.41, 5.74) is 2.20. The summed E-state index contributed by atoms with van der Waals surface area (Å²) in [6, 6.07) is 6.05. The molecule has 4 heteroatoms. The summed E-state index contributed by atoms with van der Waals surface area (Å²) in [6.45, 7) is 6.55. The van der Waals surface area contributed by atoms with Crippen LogP contribution in [0.25, 0.3) is 0 Å². The Balaban J connectivity index is 1.68. The van der Waals surface area contributed by atoms with Crippen LogP contribution in [0.2, 0.25) is 0 Å². The highest BCUT2D eigenvalue weighted by atomic mass is 16.5. The lowest BCUT2D eigenvalue weighted by molar-refractivity contribution is 0.0878. The molecular formula is C16H25NO3. The molecule has 1 aromatic carbocycles. The lowest BCUT2D eigenvalue weighted by Crippen LogP contribution is -2.35. The standard InChI is InChI=1S/C16H25NO3/c1-12-5-3-6-13(2)16(12)20-11-14(18)9-17-10-15-7-4-8-19-15/h3,5-6,14-15,17-18H,4,7-11H2,1-2H3. The molecule has 1 saturated heterocycles. The van der Waals surface area contributed by atoms with Gasteiger partial charge in [-0.15, -0.1) is 0 Å². The molecule has 112 valence electrons. The van der Waals surface area contributed by atoms with Crippen molar-refractivity contribution in [2.24, 2.45) is 0 Å². The monoisotopic (exact) mass is 279 g/mol. The molecule has 2 N–H and O–H groups in total. The largest absolute Gasteiger partial charge is 0.490 e. The zero-order chi connectivity index (χ0) is 14.4. The smallest absolute Gasteiger partial charge is 0.125 e. The third-order valence-corrected chi connectivity index (χ3v) is 3.60. The lowest BCUT2D eigenvalue weighted by Gasteiger charge is -2.17. The zero-order valence-corrected chi connectivity index (χ0v) is 12.4. The summed E-state index contributed by atoms with van der Waals surface area (Å²) in [5.74, 6) is 0.880. The Morgan fingerprint density at radius 1 is 1.40 bits per heavy atom. The van der Waals surface area contributed by atoms with Crippen LogP contribution in [0.4, 0.5) is 0 Å². The molecule has 1 heterocycles. The number of para-hydroxylation sites is 1. The Kier molecular flexibility index (Phi) is 5.83. The highest BCUT2D eigenvalue weighted by Gasteiger charge is 2.15. The van der Waals surface area contributed by atoms with Gasteiger partial charge in [0.05, 0.1) is 6.10 Å². The Hall–Kier alpha value is -1.10. The number of nitrogens with one attached hydrogen (secondary N) is 1. The summed E-state index contributed by atoms with van der Waals surface area (Å²) in [5, 5.41) is 13.2. The Bertz CT molecular complexity index is 396. The van der Waals surface area contributed by atoms with Crippen molar-refractivity contribution in [3.05, 3.63) is 29.3 Å². The second-order valence-corrected chi connectivity index (χ2v) is 5.48. The molecular weight excluding hydrogens is 254 g/mol. The van der Waals surface area contributed by atoms with Gasteiger partial charge in [-0.25, -0.2) is 0 Å². The number of hydrogen-bond acceptors (Lipinski definition) is 4. The number of aryl methyl sites for hydroxylation is 2. The normalized spacial score (nSPS) is 20.1. The van der Waals surface area contributed by atoms with Crippen LogP contribution < -0.4 is 10.1 Å². The van der Waals surface area contributed by atoms with Gasteiger partial charge in [0.1, 0.15) is 18.5 Å². The molecule has 1 aromatic rings. The average molecular weight is 279 g/mol. The summed E-state index contributed by atoms with van der Waals surface area (Å²) in [6.07, 6.45) is 2.06. The fourth-order valence-corrected chi connectivity index (χ4v) is 2.48. The maximum atomic E-state index is 9.94. The molecule has 2 atom stereocenters. The van der Waals surface area contributed by atoms with Gasteiger partial charge >= 0.3 is 0 Å². The van der Waals surface area contributed by atoms with E-state index in [1.807, 2.05) is 32.0 Å². The van der Waals surface area contributed by atoms with Crippen LogP contribution in [-0.2, 0) is 4.74 Å². The maximum absolute atomic E-state index is 9.94. The average Bonchev–Trinajstić information content (AvgIpc) is 2.91. The van der Waals surface area contributed by atoms with E-state index >= 15 is 0 Å². The van der Waals surface area contributed by atoms with Crippen LogP contribution in [0.1, 0.15) is 24.0 Å². The van der Waals surface area contributed by atoms with Crippen molar-refractivity contribution < 1.29 is 14.6 Å². The molecule has 0 spiro atoms. The van der Waals surface area contributed by atoms with Crippen LogP contribution >= 0.6 is 0 Å². The Morgan fingerprint density at radius 3 is 2.80 bits per heavy atom. The van der Waals surface area contributed by atoms with Crippen molar-refractivity contribution in [1.29, 1.82) is 0 Å². The van der Waals surface area contributed by atoms with Gasteiger partial charge in [0.25, 0.3) is 0 Å². The Morgan fingerprint density at radius 2 is 2.15 bits per heavy atom. The molecule has 0 bridgehead atoms. The zero-order valence-electron chi connectivity index (χ0n) is 12.4. The van der Waals surface area contributed by atoms with E-state index < -0.39 is 6.10 Å². The van der Waals surface area contributed by atoms with E-state index in [4.69, 9.17) is 9.47 Å². The van der Waals surface area contributed by atoms with Gasteiger partial charge in [0.15, 0.2) is 0 Å². The van der Waals surface area contributed by atoms with Crippen molar-refractivity contribution in [2.45, 2.75) is 38.9 Å². The van der Waals surface area contributed by atoms with Gasteiger partial charge in [-0.2, -0.15) is 0 Å². The first-order chi connectivity index (χ1) is 9.66. The van der Waals surface area contributed by atoms with Crippen molar-refractivity contribution in [2.75, 3.05) is 26.3 Å². The van der Waals surface area contributed by atoms with Crippen molar-refractivity contribution in [3.8, 4) is 5.75 Å². The lowest BCUT2D eigenvalue weighted by atomic mass is 10.1. The summed E-state index contributed by atoms with van der Waals surface area (Å²) < 4.78 is 11.3. The predicted octanol–water partition coefficient (Wildman–Crippen LogP) is 1.81. The van der Waals surface area contributed by atoms with Gasteiger partial charge < -0.3 is 19.9 Å². The molecule has 0 radical (unpaired) electrons. The number of rotatable bonds is 7. The number of hydrogen-bond donors (Lipinski definition) is 2. The SMILES string of the molecule is Cc1cccc(C)c1OCC(O)CNCC1CCCO1. The van der Waals surface area contributed by atoms with E-state index in [-0.39, 0.29) is 0 Å². The summed E-state index contributed by atoms with van der Waals surface area (Å²) >= 11 is 0. The highest BCUT2D eigenvalue weighted by Crippen LogP contribution is 2.22. The van der Waals surface area contributed by atoms with Crippen LogP contribution in [0.5, 0.6) is 5.75 Å². The molecule has 0 amide bonds. The number of ether oxygens (including phenoxy) is 2. The molecule has 0 aliphatic carbocycles. The fourth-order valence-electron chi connectivity index (χ4n) is 2.48. The third-order valence-electron chi connectivity index (χ3n) is 3.60. The van der Waals surface area contributed by atoms with Crippen LogP contribution in [0, 0.1) is 13.8 Å². The topological polar surface area (TPSA) is 50.7 Å². The molecule has 20 heavy (non-hydrogen) atoms. The van der Waals surface area contributed by atoms with Crippen molar-refractivity contribution >= 4 is 0 Å². The molecule has 2 rings (SSSR count). The van der Waals surface area contributed by atoms with E-state index in [1.54, 1.807) is 0 Å². The van der Waals surface area contributed by atoms with Crippen molar-refractivity contribution in [3.63, 3.8) is 0 Å². The van der Waals surface area contributed by atoms with Crippen molar-refractivity contribution in [1.82, 2.24) is 5.32 Å². The van der Waals surface area contributed by atoms with Gasteiger partial charge in [-0.3, -0.25) is 0 Å².